The van der Waals surface area contributed by atoms with Crippen molar-refractivity contribution < 1.29 is 0 Å². The Morgan fingerprint density at radius 1 is 1.30 bits per heavy atom. The van der Waals surface area contributed by atoms with Gasteiger partial charge in [0.15, 0.2) is 0 Å². The Balaban J connectivity index is 2.55. The highest BCUT2D eigenvalue weighted by Gasteiger charge is 2.14. The highest BCUT2D eigenvalue weighted by Crippen LogP contribution is 2.09. The van der Waals surface area contributed by atoms with Crippen molar-refractivity contribution in [1.29, 1.82) is 0 Å². The maximum Gasteiger partial charge on any atom is 0.0663 e. The van der Waals surface area contributed by atoms with E-state index in [1.807, 2.05) is 0 Å². The minimum Gasteiger partial charge on any atom is -0.301 e. The first-order chi connectivity index (χ1) is 4.70. The lowest BCUT2D eigenvalue weighted by molar-refractivity contribution is 0.403. The van der Waals surface area contributed by atoms with Crippen LogP contribution in [-0.4, -0.2) is 12.1 Å². The minimum absolute atomic E-state index is 0.375. The molecular formula is C9H15N. The number of hydrogen-bond donors (Lipinski definition) is 1. The second-order valence-electron chi connectivity index (χ2n) is 3.18. The normalized spacial score (nSPS) is 39.7. The summed E-state index contributed by atoms with van der Waals surface area (Å²) >= 11 is 0. The molecule has 0 saturated carbocycles. The van der Waals surface area contributed by atoms with E-state index in [1.165, 1.54) is 0 Å². The molecular weight excluding hydrogens is 122 g/mol. The molecule has 0 aromatic heterocycles. The molecule has 0 radical (unpaired) electrons. The van der Waals surface area contributed by atoms with Gasteiger partial charge in [-0.1, -0.05) is 12.8 Å². The van der Waals surface area contributed by atoms with Crippen molar-refractivity contribution in [3.63, 3.8) is 0 Å². The smallest absolute Gasteiger partial charge is 0.0663 e. The van der Waals surface area contributed by atoms with E-state index >= 15 is 0 Å². The Morgan fingerprint density at radius 3 is 2.70 bits per heavy atom. The van der Waals surface area contributed by atoms with Crippen LogP contribution in [0.1, 0.15) is 27.2 Å². The largest absolute Gasteiger partial charge is 0.301 e. The second kappa shape index (κ2) is 3.07. The molecule has 1 aliphatic heterocycles. The Morgan fingerprint density at radius 2 is 2.00 bits per heavy atom. The predicted octanol–water partition coefficient (Wildman–Crippen LogP) is 1.40. The summed E-state index contributed by atoms with van der Waals surface area (Å²) in [5.41, 5.74) is 0. The van der Waals surface area contributed by atoms with Crippen LogP contribution in [0.3, 0.4) is 0 Å². The van der Waals surface area contributed by atoms with E-state index in [4.69, 9.17) is 0 Å². The summed E-state index contributed by atoms with van der Waals surface area (Å²) in [6, 6.07) is 0.970. The molecule has 1 heterocycles. The second-order valence-corrected chi connectivity index (χ2v) is 3.18. The fourth-order valence-corrected chi connectivity index (χ4v) is 1.15. The van der Waals surface area contributed by atoms with E-state index in [0.717, 1.165) is 6.42 Å². The molecule has 0 saturated heterocycles. The maximum atomic E-state index is 3.42. The van der Waals surface area contributed by atoms with Crippen molar-refractivity contribution in [2.75, 3.05) is 0 Å². The van der Waals surface area contributed by atoms with Crippen LogP contribution in [-0.2, 0) is 0 Å². The molecule has 0 bridgehead atoms. The standard InChI is InChI=1S/C9H15N/c1-7-5-4-6-8(2)10-9(7)3/h7-10H,5H2,1-3H3. The van der Waals surface area contributed by atoms with E-state index in [-0.39, 0.29) is 0 Å². The maximum absolute atomic E-state index is 3.42. The van der Waals surface area contributed by atoms with Gasteiger partial charge in [-0.3, -0.25) is 0 Å². The lowest BCUT2D eigenvalue weighted by Crippen LogP contribution is -2.36. The van der Waals surface area contributed by atoms with Crippen LogP contribution in [0, 0.1) is 17.8 Å². The molecule has 56 valence electrons. The van der Waals surface area contributed by atoms with E-state index in [1.54, 1.807) is 0 Å². The van der Waals surface area contributed by atoms with Crippen LogP contribution in [0.25, 0.3) is 0 Å². The van der Waals surface area contributed by atoms with Crippen LogP contribution in [0.15, 0.2) is 0 Å². The van der Waals surface area contributed by atoms with Crippen molar-refractivity contribution in [3.8, 4) is 11.8 Å². The Bertz CT molecular complexity index is 163. The topological polar surface area (TPSA) is 12.0 Å². The van der Waals surface area contributed by atoms with E-state index in [9.17, 15) is 0 Å². The average Bonchev–Trinajstić information content (AvgIpc) is 1.96. The summed E-state index contributed by atoms with van der Waals surface area (Å²) in [6.07, 6.45) is 1.04. The molecule has 3 unspecified atom stereocenters. The highest BCUT2D eigenvalue weighted by molar-refractivity contribution is 5.10. The van der Waals surface area contributed by atoms with Crippen LogP contribution in [0.4, 0.5) is 0 Å². The van der Waals surface area contributed by atoms with Crippen molar-refractivity contribution in [3.05, 3.63) is 0 Å². The van der Waals surface area contributed by atoms with Crippen LogP contribution >= 0.6 is 0 Å². The molecule has 1 rings (SSSR count). The first-order valence-electron chi connectivity index (χ1n) is 3.94. The van der Waals surface area contributed by atoms with Gasteiger partial charge in [-0.2, -0.15) is 0 Å². The molecule has 1 heteroatoms. The molecule has 0 aromatic rings. The summed E-state index contributed by atoms with van der Waals surface area (Å²) in [5, 5.41) is 3.42. The number of rotatable bonds is 0. The van der Waals surface area contributed by atoms with Crippen molar-refractivity contribution in [1.82, 2.24) is 5.32 Å². The molecule has 1 N–H and O–H groups in total. The van der Waals surface area contributed by atoms with Gasteiger partial charge in [0.25, 0.3) is 0 Å². The highest BCUT2D eigenvalue weighted by atomic mass is 14.9. The Labute approximate surface area is 63.2 Å². The Hall–Kier alpha value is -0.480. The van der Waals surface area contributed by atoms with Crippen LogP contribution in [0.2, 0.25) is 0 Å². The Kier molecular flexibility index (Phi) is 2.34. The summed E-state index contributed by atoms with van der Waals surface area (Å²) in [7, 11) is 0. The molecule has 0 aliphatic carbocycles. The third kappa shape index (κ3) is 1.75. The monoisotopic (exact) mass is 137 g/mol. The minimum atomic E-state index is 0.375. The van der Waals surface area contributed by atoms with Gasteiger partial charge in [-0.25, -0.2) is 0 Å². The fourth-order valence-electron chi connectivity index (χ4n) is 1.15. The van der Waals surface area contributed by atoms with Gasteiger partial charge in [0, 0.05) is 12.5 Å². The number of nitrogens with one attached hydrogen (secondary N) is 1. The third-order valence-corrected chi connectivity index (χ3v) is 2.11. The zero-order valence-electron chi connectivity index (χ0n) is 6.94. The lowest BCUT2D eigenvalue weighted by atomic mass is 10.0. The van der Waals surface area contributed by atoms with Gasteiger partial charge in [0.1, 0.15) is 0 Å². The molecule has 1 nitrogen and oxygen atoms in total. The van der Waals surface area contributed by atoms with Gasteiger partial charge in [-0.05, 0) is 19.8 Å². The predicted molar refractivity (Wildman–Crippen MR) is 43.6 cm³/mol. The summed E-state index contributed by atoms with van der Waals surface area (Å²) < 4.78 is 0. The van der Waals surface area contributed by atoms with Crippen LogP contribution in [0.5, 0.6) is 0 Å². The van der Waals surface area contributed by atoms with Gasteiger partial charge in [0.05, 0.1) is 6.04 Å². The SMILES string of the molecule is CC1C#CCC(C)C(C)N1. The van der Waals surface area contributed by atoms with Gasteiger partial charge in [-0.15, -0.1) is 5.92 Å². The molecule has 0 fully saturated rings. The molecule has 0 spiro atoms. The van der Waals surface area contributed by atoms with Gasteiger partial charge >= 0.3 is 0 Å². The first kappa shape index (κ1) is 7.63. The van der Waals surface area contributed by atoms with Crippen molar-refractivity contribution in [2.24, 2.45) is 5.92 Å². The summed E-state index contributed by atoms with van der Waals surface area (Å²) in [4.78, 5) is 0. The third-order valence-electron chi connectivity index (χ3n) is 2.11. The van der Waals surface area contributed by atoms with E-state index < -0.39 is 0 Å². The molecule has 10 heavy (non-hydrogen) atoms. The van der Waals surface area contributed by atoms with Crippen molar-refractivity contribution >= 4 is 0 Å². The molecule has 0 aromatic carbocycles. The lowest BCUT2D eigenvalue weighted by Gasteiger charge is -2.18. The summed E-state index contributed by atoms with van der Waals surface area (Å²) in [6.45, 7) is 6.57. The zero-order valence-corrected chi connectivity index (χ0v) is 6.94. The van der Waals surface area contributed by atoms with E-state index in [0.29, 0.717) is 18.0 Å². The first-order valence-corrected chi connectivity index (χ1v) is 3.94. The fraction of sp³-hybridized carbons (Fsp3) is 0.778. The molecule has 1 aliphatic rings. The van der Waals surface area contributed by atoms with Crippen molar-refractivity contribution in [2.45, 2.75) is 39.3 Å². The van der Waals surface area contributed by atoms with Gasteiger partial charge in [0.2, 0.25) is 0 Å². The molecule has 3 atom stereocenters. The average molecular weight is 137 g/mol. The summed E-state index contributed by atoms with van der Waals surface area (Å²) in [5.74, 6) is 7.00. The zero-order chi connectivity index (χ0) is 7.56. The van der Waals surface area contributed by atoms with Crippen LogP contribution < -0.4 is 5.32 Å². The quantitative estimate of drug-likeness (QED) is 0.498. The van der Waals surface area contributed by atoms with E-state index in [2.05, 4.69) is 37.9 Å². The molecule has 0 amide bonds. The number of hydrogen-bond acceptors (Lipinski definition) is 1. The van der Waals surface area contributed by atoms with Gasteiger partial charge < -0.3 is 5.32 Å².